The van der Waals surface area contributed by atoms with Crippen molar-refractivity contribution >= 4 is 5.82 Å². The second kappa shape index (κ2) is 4.96. The zero-order valence-corrected chi connectivity index (χ0v) is 9.87. The van der Waals surface area contributed by atoms with Gasteiger partial charge in [-0.2, -0.15) is 0 Å². The molecule has 5 heteroatoms. The van der Waals surface area contributed by atoms with E-state index in [4.69, 9.17) is 5.73 Å². The molecule has 2 unspecified atom stereocenters. The Morgan fingerprint density at radius 3 is 2.88 bits per heavy atom. The Bertz CT molecular complexity index is 397. The lowest BCUT2D eigenvalue weighted by atomic mass is 9.93. The molecule has 2 heterocycles. The molecule has 0 saturated carbocycles. The van der Waals surface area contributed by atoms with Gasteiger partial charge in [0.05, 0.1) is 6.20 Å². The van der Waals surface area contributed by atoms with Crippen LogP contribution in [0.1, 0.15) is 19.8 Å². The van der Waals surface area contributed by atoms with E-state index < -0.39 is 11.6 Å². The molecule has 1 fully saturated rings. The van der Waals surface area contributed by atoms with Crippen molar-refractivity contribution in [2.45, 2.75) is 25.8 Å². The zero-order chi connectivity index (χ0) is 12.4. The molecule has 1 saturated heterocycles. The molecule has 94 valence electrons. The minimum atomic E-state index is -0.647. The maximum Gasteiger partial charge on any atom is 0.168 e. The van der Waals surface area contributed by atoms with E-state index in [1.165, 1.54) is 0 Å². The number of anilines is 1. The van der Waals surface area contributed by atoms with Crippen LogP contribution in [-0.4, -0.2) is 24.1 Å². The SMILES string of the molecule is CC1CCC(CN)CN1c1ncc(F)cc1F. The first-order valence-corrected chi connectivity index (χ1v) is 5.89. The topological polar surface area (TPSA) is 42.1 Å². The molecule has 1 aliphatic heterocycles. The number of halogens is 2. The number of hydrogen-bond acceptors (Lipinski definition) is 3. The van der Waals surface area contributed by atoms with E-state index >= 15 is 0 Å². The van der Waals surface area contributed by atoms with Crippen molar-refractivity contribution in [2.75, 3.05) is 18.0 Å². The van der Waals surface area contributed by atoms with Crippen LogP contribution in [0.25, 0.3) is 0 Å². The zero-order valence-electron chi connectivity index (χ0n) is 9.87. The summed E-state index contributed by atoms with van der Waals surface area (Å²) in [5, 5.41) is 0. The van der Waals surface area contributed by atoms with Gasteiger partial charge in [0.1, 0.15) is 5.82 Å². The van der Waals surface area contributed by atoms with Crippen molar-refractivity contribution in [1.82, 2.24) is 4.98 Å². The van der Waals surface area contributed by atoms with Crippen LogP contribution in [0.15, 0.2) is 12.3 Å². The van der Waals surface area contributed by atoms with Crippen molar-refractivity contribution < 1.29 is 8.78 Å². The molecule has 0 amide bonds. The number of rotatable bonds is 2. The normalized spacial score (nSPS) is 25.1. The summed E-state index contributed by atoms with van der Waals surface area (Å²) < 4.78 is 26.5. The summed E-state index contributed by atoms with van der Waals surface area (Å²) in [7, 11) is 0. The maximum atomic E-state index is 13.7. The van der Waals surface area contributed by atoms with Gasteiger partial charge < -0.3 is 10.6 Å². The molecule has 3 nitrogen and oxygen atoms in total. The Hall–Kier alpha value is -1.23. The lowest BCUT2D eigenvalue weighted by Gasteiger charge is -2.38. The predicted molar refractivity (Wildman–Crippen MR) is 62.7 cm³/mol. The van der Waals surface area contributed by atoms with E-state index in [9.17, 15) is 8.78 Å². The average Bonchev–Trinajstić information content (AvgIpc) is 2.30. The molecule has 0 aliphatic carbocycles. The van der Waals surface area contributed by atoms with Crippen molar-refractivity contribution in [3.05, 3.63) is 23.9 Å². The Balaban J connectivity index is 2.24. The average molecular weight is 241 g/mol. The van der Waals surface area contributed by atoms with Gasteiger partial charge in [-0.25, -0.2) is 13.8 Å². The van der Waals surface area contributed by atoms with Gasteiger partial charge in [-0.1, -0.05) is 0 Å². The van der Waals surface area contributed by atoms with Crippen molar-refractivity contribution in [3.63, 3.8) is 0 Å². The molecule has 0 spiro atoms. The Kier molecular flexibility index (Phi) is 3.57. The third kappa shape index (κ3) is 2.54. The molecule has 0 aromatic carbocycles. The summed E-state index contributed by atoms with van der Waals surface area (Å²) in [5.41, 5.74) is 5.65. The fraction of sp³-hybridized carbons (Fsp3) is 0.583. The minimum Gasteiger partial charge on any atom is -0.351 e. The number of aromatic nitrogens is 1. The number of piperidine rings is 1. The monoisotopic (exact) mass is 241 g/mol. The van der Waals surface area contributed by atoms with Gasteiger partial charge in [0, 0.05) is 18.7 Å². The largest absolute Gasteiger partial charge is 0.351 e. The molecule has 2 atom stereocenters. The fourth-order valence-corrected chi connectivity index (χ4v) is 2.29. The van der Waals surface area contributed by atoms with Crippen LogP contribution < -0.4 is 10.6 Å². The standard InChI is InChI=1S/C12H17F2N3/c1-8-2-3-9(5-15)7-17(8)12-11(14)4-10(13)6-16-12/h4,6,8-9H,2-3,5,7,15H2,1H3. The van der Waals surface area contributed by atoms with Crippen LogP contribution in [0.3, 0.4) is 0 Å². The van der Waals surface area contributed by atoms with Gasteiger partial charge in [0.2, 0.25) is 0 Å². The van der Waals surface area contributed by atoms with E-state index in [0.29, 0.717) is 19.0 Å². The Morgan fingerprint density at radius 1 is 1.47 bits per heavy atom. The first-order chi connectivity index (χ1) is 8.11. The first kappa shape index (κ1) is 12.2. The molecule has 2 N–H and O–H groups in total. The van der Waals surface area contributed by atoms with E-state index in [2.05, 4.69) is 4.98 Å². The quantitative estimate of drug-likeness (QED) is 0.860. The van der Waals surface area contributed by atoms with Crippen LogP contribution in [0.4, 0.5) is 14.6 Å². The van der Waals surface area contributed by atoms with Crippen molar-refractivity contribution in [3.8, 4) is 0 Å². The lowest BCUT2D eigenvalue weighted by molar-refractivity contribution is 0.367. The van der Waals surface area contributed by atoms with Crippen LogP contribution >= 0.6 is 0 Å². The Labute approximate surface area is 99.6 Å². The molecular weight excluding hydrogens is 224 g/mol. The molecule has 2 rings (SSSR count). The second-order valence-electron chi connectivity index (χ2n) is 4.64. The van der Waals surface area contributed by atoms with Crippen LogP contribution in [0.5, 0.6) is 0 Å². The van der Waals surface area contributed by atoms with E-state index in [1.807, 2.05) is 11.8 Å². The molecule has 1 aromatic heterocycles. The lowest BCUT2D eigenvalue weighted by Crippen LogP contribution is -2.44. The smallest absolute Gasteiger partial charge is 0.168 e. The number of nitrogens with two attached hydrogens (primary N) is 1. The first-order valence-electron chi connectivity index (χ1n) is 5.89. The van der Waals surface area contributed by atoms with Crippen molar-refractivity contribution in [1.29, 1.82) is 0 Å². The van der Waals surface area contributed by atoms with Crippen LogP contribution in [0, 0.1) is 17.6 Å². The van der Waals surface area contributed by atoms with Gasteiger partial charge in [-0.15, -0.1) is 0 Å². The predicted octanol–water partition coefficient (Wildman–Crippen LogP) is 1.92. The summed E-state index contributed by atoms with van der Waals surface area (Å²) in [6, 6.07) is 1.09. The molecule has 17 heavy (non-hydrogen) atoms. The molecule has 1 aliphatic rings. The third-order valence-corrected chi connectivity index (χ3v) is 3.37. The highest BCUT2D eigenvalue weighted by atomic mass is 19.1. The van der Waals surface area contributed by atoms with Crippen LogP contribution in [0.2, 0.25) is 0 Å². The van der Waals surface area contributed by atoms with E-state index in [0.717, 1.165) is 25.1 Å². The third-order valence-electron chi connectivity index (χ3n) is 3.37. The van der Waals surface area contributed by atoms with Crippen molar-refractivity contribution in [2.24, 2.45) is 11.7 Å². The van der Waals surface area contributed by atoms with Gasteiger partial charge in [0.15, 0.2) is 11.6 Å². The number of pyridine rings is 1. The number of nitrogens with zero attached hydrogens (tertiary/aromatic N) is 2. The van der Waals surface area contributed by atoms with Gasteiger partial charge in [-0.3, -0.25) is 0 Å². The summed E-state index contributed by atoms with van der Waals surface area (Å²) in [4.78, 5) is 5.74. The molecule has 1 aromatic rings. The van der Waals surface area contributed by atoms with E-state index in [-0.39, 0.29) is 11.9 Å². The summed E-state index contributed by atoms with van der Waals surface area (Å²) in [5.74, 6) is -0.657. The second-order valence-corrected chi connectivity index (χ2v) is 4.64. The van der Waals surface area contributed by atoms with Gasteiger partial charge in [0.25, 0.3) is 0 Å². The Morgan fingerprint density at radius 2 is 2.24 bits per heavy atom. The highest BCUT2D eigenvalue weighted by molar-refractivity contribution is 5.41. The molecule has 0 radical (unpaired) electrons. The molecular formula is C12H17F2N3. The maximum absolute atomic E-state index is 13.7. The number of hydrogen-bond donors (Lipinski definition) is 1. The van der Waals surface area contributed by atoms with Gasteiger partial charge in [-0.05, 0) is 32.2 Å². The van der Waals surface area contributed by atoms with E-state index in [1.54, 1.807) is 0 Å². The summed E-state index contributed by atoms with van der Waals surface area (Å²) in [6.45, 7) is 3.30. The minimum absolute atomic E-state index is 0.213. The van der Waals surface area contributed by atoms with Crippen LogP contribution in [-0.2, 0) is 0 Å². The summed E-state index contributed by atoms with van der Waals surface area (Å²) >= 11 is 0. The highest BCUT2D eigenvalue weighted by Crippen LogP contribution is 2.27. The summed E-state index contributed by atoms with van der Waals surface area (Å²) in [6.07, 6.45) is 3.06. The fourth-order valence-electron chi connectivity index (χ4n) is 2.29. The van der Waals surface area contributed by atoms with Gasteiger partial charge >= 0.3 is 0 Å². The highest BCUT2D eigenvalue weighted by Gasteiger charge is 2.27. The molecule has 0 bridgehead atoms.